The molecule has 1 aromatic rings. The van der Waals surface area contributed by atoms with E-state index in [1.165, 1.54) is 18.3 Å². The molecule has 0 aromatic carbocycles. The van der Waals surface area contributed by atoms with Crippen molar-refractivity contribution in [2.45, 2.75) is 26.7 Å². The van der Waals surface area contributed by atoms with Crippen molar-refractivity contribution in [2.75, 3.05) is 11.9 Å². The van der Waals surface area contributed by atoms with Gasteiger partial charge in [0.2, 0.25) is 5.91 Å². The molecule has 3 N–H and O–H groups in total. The van der Waals surface area contributed by atoms with Crippen molar-refractivity contribution in [3.63, 3.8) is 0 Å². The van der Waals surface area contributed by atoms with Crippen molar-refractivity contribution >= 4 is 28.2 Å². The molecule has 0 unspecified atom stereocenters. The van der Waals surface area contributed by atoms with Gasteiger partial charge in [0.1, 0.15) is 0 Å². The summed E-state index contributed by atoms with van der Waals surface area (Å²) in [5.41, 5.74) is 5.96. The SMILES string of the molecule is CC(=O)c1sc(NC(=O)CCCN)nc1C. The smallest absolute Gasteiger partial charge is 0.226 e. The van der Waals surface area contributed by atoms with E-state index in [-0.39, 0.29) is 11.7 Å². The van der Waals surface area contributed by atoms with E-state index >= 15 is 0 Å². The van der Waals surface area contributed by atoms with E-state index in [4.69, 9.17) is 5.73 Å². The second kappa shape index (κ2) is 5.72. The number of aryl methyl sites for hydroxylation is 1. The lowest BCUT2D eigenvalue weighted by atomic mass is 10.3. The first kappa shape index (κ1) is 12.8. The van der Waals surface area contributed by atoms with Crippen molar-refractivity contribution in [1.29, 1.82) is 0 Å². The Bertz CT molecular complexity index is 401. The molecule has 0 fully saturated rings. The van der Waals surface area contributed by atoms with Gasteiger partial charge in [-0.1, -0.05) is 11.3 Å². The van der Waals surface area contributed by atoms with E-state index in [0.717, 1.165) is 0 Å². The summed E-state index contributed by atoms with van der Waals surface area (Å²) in [6, 6.07) is 0. The van der Waals surface area contributed by atoms with Gasteiger partial charge in [-0.25, -0.2) is 4.98 Å². The van der Waals surface area contributed by atoms with Crippen LogP contribution in [0.25, 0.3) is 0 Å². The van der Waals surface area contributed by atoms with Crippen LogP contribution >= 0.6 is 11.3 Å². The molecule has 0 radical (unpaired) electrons. The Balaban J connectivity index is 2.64. The summed E-state index contributed by atoms with van der Waals surface area (Å²) in [4.78, 5) is 27.3. The minimum absolute atomic E-state index is 0.0301. The van der Waals surface area contributed by atoms with Gasteiger partial charge in [-0.15, -0.1) is 0 Å². The van der Waals surface area contributed by atoms with Crippen molar-refractivity contribution in [2.24, 2.45) is 5.73 Å². The summed E-state index contributed by atoms with van der Waals surface area (Å²) in [5, 5.41) is 3.13. The fourth-order valence-electron chi connectivity index (χ4n) is 1.22. The highest BCUT2D eigenvalue weighted by molar-refractivity contribution is 7.17. The minimum Gasteiger partial charge on any atom is -0.330 e. The number of thiazole rings is 1. The zero-order valence-corrected chi connectivity index (χ0v) is 10.2. The highest BCUT2D eigenvalue weighted by Crippen LogP contribution is 2.22. The van der Waals surface area contributed by atoms with Crippen molar-refractivity contribution in [1.82, 2.24) is 4.98 Å². The molecule has 0 atom stereocenters. The van der Waals surface area contributed by atoms with Gasteiger partial charge in [-0.2, -0.15) is 0 Å². The molecule has 1 heterocycles. The molecule has 88 valence electrons. The van der Waals surface area contributed by atoms with Crippen LogP contribution in [0.2, 0.25) is 0 Å². The summed E-state index contributed by atoms with van der Waals surface area (Å²) in [5.74, 6) is -0.147. The molecule has 16 heavy (non-hydrogen) atoms. The van der Waals surface area contributed by atoms with Crippen molar-refractivity contribution in [3.8, 4) is 0 Å². The fourth-order valence-corrected chi connectivity index (χ4v) is 2.10. The summed E-state index contributed by atoms with van der Waals surface area (Å²) in [6.45, 7) is 3.73. The van der Waals surface area contributed by atoms with Crippen LogP contribution in [0, 0.1) is 6.92 Å². The Kier molecular flexibility index (Phi) is 4.57. The standard InChI is InChI=1S/C10H15N3O2S/c1-6-9(7(2)14)16-10(12-6)13-8(15)4-3-5-11/h3-5,11H2,1-2H3,(H,12,13,15). The number of ketones is 1. The average Bonchev–Trinajstić information content (AvgIpc) is 2.56. The van der Waals surface area contributed by atoms with Crippen LogP contribution in [0.3, 0.4) is 0 Å². The van der Waals surface area contributed by atoms with Gasteiger partial charge in [-0.05, 0) is 19.9 Å². The number of rotatable bonds is 5. The van der Waals surface area contributed by atoms with Crippen LogP contribution in [0.1, 0.15) is 35.1 Å². The van der Waals surface area contributed by atoms with Gasteiger partial charge >= 0.3 is 0 Å². The molecule has 0 aliphatic rings. The number of anilines is 1. The van der Waals surface area contributed by atoms with Gasteiger partial charge in [0.25, 0.3) is 0 Å². The maximum Gasteiger partial charge on any atom is 0.226 e. The Labute approximate surface area is 98.1 Å². The second-order valence-electron chi connectivity index (χ2n) is 3.43. The van der Waals surface area contributed by atoms with E-state index in [0.29, 0.717) is 35.1 Å². The first-order chi connectivity index (χ1) is 7.54. The first-order valence-electron chi connectivity index (χ1n) is 5.03. The van der Waals surface area contributed by atoms with Crippen LogP contribution in [-0.2, 0) is 4.79 Å². The minimum atomic E-state index is -0.116. The highest BCUT2D eigenvalue weighted by Gasteiger charge is 2.12. The summed E-state index contributed by atoms with van der Waals surface area (Å²) < 4.78 is 0. The number of hydrogen-bond donors (Lipinski definition) is 2. The van der Waals surface area contributed by atoms with Crippen LogP contribution in [0.4, 0.5) is 5.13 Å². The van der Waals surface area contributed by atoms with Crippen LogP contribution < -0.4 is 11.1 Å². The number of nitrogens with zero attached hydrogens (tertiary/aromatic N) is 1. The van der Waals surface area contributed by atoms with E-state index in [1.807, 2.05) is 0 Å². The molecule has 0 aliphatic carbocycles. The number of nitrogens with one attached hydrogen (secondary N) is 1. The Morgan fingerprint density at radius 3 is 2.69 bits per heavy atom. The fraction of sp³-hybridized carbons (Fsp3) is 0.500. The van der Waals surface area contributed by atoms with Gasteiger partial charge < -0.3 is 11.1 Å². The number of Topliss-reactive ketones (excluding diaryl/α,β-unsaturated/α-hetero) is 1. The van der Waals surface area contributed by atoms with E-state index < -0.39 is 0 Å². The molecule has 0 saturated heterocycles. The van der Waals surface area contributed by atoms with Gasteiger partial charge in [0.05, 0.1) is 10.6 Å². The molecule has 1 amide bonds. The van der Waals surface area contributed by atoms with Gasteiger partial charge in [0, 0.05) is 13.3 Å². The normalized spacial score (nSPS) is 10.2. The predicted molar refractivity (Wildman–Crippen MR) is 63.8 cm³/mol. The molecule has 1 aromatic heterocycles. The molecule has 6 heteroatoms. The second-order valence-corrected chi connectivity index (χ2v) is 4.43. The Morgan fingerprint density at radius 1 is 1.50 bits per heavy atom. The average molecular weight is 241 g/mol. The maximum atomic E-state index is 11.4. The van der Waals surface area contributed by atoms with Crippen LogP contribution in [0.5, 0.6) is 0 Å². The molecule has 0 aliphatic heterocycles. The third kappa shape index (κ3) is 3.39. The Morgan fingerprint density at radius 2 is 2.19 bits per heavy atom. The van der Waals surface area contributed by atoms with Gasteiger partial charge in [-0.3, -0.25) is 9.59 Å². The lowest BCUT2D eigenvalue weighted by Gasteiger charge is -1.99. The summed E-state index contributed by atoms with van der Waals surface area (Å²) >= 11 is 1.21. The summed E-state index contributed by atoms with van der Waals surface area (Å²) in [7, 11) is 0. The number of carbonyl (C=O) groups is 2. The number of carbonyl (C=O) groups excluding carboxylic acids is 2. The molecular formula is C10H15N3O2S. The predicted octanol–water partition coefficient (Wildman–Crippen LogP) is 1.33. The molecule has 0 bridgehead atoms. The van der Waals surface area contributed by atoms with E-state index in [1.54, 1.807) is 6.92 Å². The first-order valence-corrected chi connectivity index (χ1v) is 5.84. The quantitative estimate of drug-likeness (QED) is 0.762. The van der Waals surface area contributed by atoms with E-state index in [2.05, 4.69) is 10.3 Å². The zero-order chi connectivity index (χ0) is 12.1. The molecular weight excluding hydrogens is 226 g/mol. The monoisotopic (exact) mass is 241 g/mol. The van der Waals surface area contributed by atoms with E-state index in [9.17, 15) is 9.59 Å². The Hall–Kier alpha value is -1.27. The molecule has 0 saturated carbocycles. The maximum absolute atomic E-state index is 11.4. The largest absolute Gasteiger partial charge is 0.330 e. The van der Waals surface area contributed by atoms with Crippen molar-refractivity contribution in [3.05, 3.63) is 10.6 Å². The third-order valence-corrected chi connectivity index (χ3v) is 3.14. The highest BCUT2D eigenvalue weighted by atomic mass is 32.1. The number of nitrogens with two attached hydrogens (primary N) is 1. The number of amides is 1. The molecule has 5 nitrogen and oxygen atoms in total. The lowest BCUT2D eigenvalue weighted by molar-refractivity contribution is -0.116. The number of aromatic nitrogens is 1. The molecule has 0 spiro atoms. The number of hydrogen-bond acceptors (Lipinski definition) is 5. The lowest BCUT2D eigenvalue weighted by Crippen LogP contribution is -2.13. The van der Waals surface area contributed by atoms with Crippen molar-refractivity contribution < 1.29 is 9.59 Å². The third-order valence-electron chi connectivity index (χ3n) is 1.97. The topological polar surface area (TPSA) is 85.1 Å². The van der Waals surface area contributed by atoms with Gasteiger partial charge in [0.15, 0.2) is 10.9 Å². The van der Waals surface area contributed by atoms with Crippen LogP contribution in [-0.4, -0.2) is 23.2 Å². The zero-order valence-electron chi connectivity index (χ0n) is 9.37. The molecule has 1 rings (SSSR count). The summed E-state index contributed by atoms with van der Waals surface area (Å²) in [6.07, 6.45) is 1.03. The van der Waals surface area contributed by atoms with Crippen LogP contribution in [0.15, 0.2) is 0 Å².